The first-order valence-electron chi connectivity index (χ1n) is 7.20. The van der Waals surface area contributed by atoms with Crippen LogP contribution in [0.5, 0.6) is 0 Å². The molecule has 1 rings (SSSR count). The Morgan fingerprint density at radius 1 is 1.24 bits per heavy atom. The highest BCUT2D eigenvalue weighted by Crippen LogP contribution is 2.20. The van der Waals surface area contributed by atoms with Gasteiger partial charge in [0.1, 0.15) is 6.04 Å². The number of carbonyl (C=O) groups is 1. The van der Waals surface area contributed by atoms with E-state index in [0.717, 1.165) is 29.8 Å². The number of rotatable bonds is 8. The van der Waals surface area contributed by atoms with Gasteiger partial charge in [-0.1, -0.05) is 38.0 Å². The molecular formula is C15H24N2O3S. The number of carbonyl (C=O) groups excluding carboxylic acids is 1. The monoisotopic (exact) mass is 312 g/mol. The van der Waals surface area contributed by atoms with Gasteiger partial charge in [-0.15, -0.1) is 0 Å². The van der Waals surface area contributed by atoms with Crippen LogP contribution >= 0.6 is 0 Å². The highest BCUT2D eigenvalue weighted by Gasteiger charge is 2.28. The zero-order valence-corrected chi connectivity index (χ0v) is 13.7. The number of sulfonamides is 1. The number of nitrogens with one attached hydrogen (secondary N) is 1. The molecule has 0 unspecified atom stereocenters. The van der Waals surface area contributed by atoms with Gasteiger partial charge in [-0.3, -0.25) is 9.10 Å². The largest absolute Gasteiger partial charge is 0.354 e. The van der Waals surface area contributed by atoms with Gasteiger partial charge in [0.15, 0.2) is 0 Å². The Hall–Kier alpha value is -1.56. The fourth-order valence-electron chi connectivity index (χ4n) is 2.12. The highest BCUT2D eigenvalue weighted by molar-refractivity contribution is 7.92. The Balaban J connectivity index is 2.83. The molecule has 0 spiro atoms. The molecule has 0 heterocycles. The van der Waals surface area contributed by atoms with Crippen molar-refractivity contribution in [1.82, 2.24) is 5.32 Å². The molecule has 5 nitrogen and oxygen atoms in total. The summed E-state index contributed by atoms with van der Waals surface area (Å²) in [5.41, 5.74) is 0.496. The fourth-order valence-corrected chi connectivity index (χ4v) is 3.29. The van der Waals surface area contributed by atoms with Gasteiger partial charge in [-0.2, -0.15) is 0 Å². The molecule has 21 heavy (non-hydrogen) atoms. The summed E-state index contributed by atoms with van der Waals surface area (Å²) < 4.78 is 25.2. The summed E-state index contributed by atoms with van der Waals surface area (Å²) in [7, 11) is -3.52. The molecule has 1 aromatic carbocycles. The van der Waals surface area contributed by atoms with Crippen molar-refractivity contribution in [1.29, 1.82) is 0 Å². The average Bonchev–Trinajstić information content (AvgIpc) is 2.43. The highest BCUT2D eigenvalue weighted by atomic mass is 32.2. The molecule has 0 aromatic heterocycles. The van der Waals surface area contributed by atoms with Crippen molar-refractivity contribution < 1.29 is 13.2 Å². The van der Waals surface area contributed by atoms with E-state index in [2.05, 4.69) is 12.2 Å². The second-order valence-corrected chi connectivity index (χ2v) is 6.93. The topological polar surface area (TPSA) is 66.5 Å². The number of amides is 1. The van der Waals surface area contributed by atoms with Crippen LogP contribution in [0.4, 0.5) is 5.69 Å². The molecule has 118 valence electrons. The molecule has 0 saturated carbocycles. The lowest BCUT2D eigenvalue weighted by Gasteiger charge is -2.28. The normalized spacial score (nSPS) is 12.7. The predicted molar refractivity (Wildman–Crippen MR) is 85.8 cm³/mol. The molecule has 0 fully saturated rings. The summed E-state index contributed by atoms with van der Waals surface area (Å²) in [4.78, 5) is 12.2. The van der Waals surface area contributed by atoms with Crippen LogP contribution in [0, 0.1) is 0 Å². The van der Waals surface area contributed by atoms with Gasteiger partial charge in [0.25, 0.3) is 0 Å². The van der Waals surface area contributed by atoms with Crippen molar-refractivity contribution in [2.45, 2.75) is 39.2 Å². The summed E-state index contributed by atoms with van der Waals surface area (Å²) in [5.74, 6) is -0.277. The summed E-state index contributed by atoms with van der Waals surface area (Å²) in [6.07, 6.45) is 4.13. The minimum absolute atomic E-state index is 0.277. The summed E-state index contributed by atoms with van der Waals surface area (Å²) >= 11 is 0. The number of nitrogens with zero attached hydrogens (tertiary/aromatic N) is 1. The molecule has 1 N–H and O–H groups in total. The molecule has 0 aliphatic rings. The number of unbranched alkanes of at least 4 members (excludes halogenated alkanes) is 2. The van der Waals surface area contributed by atoms with Crippen molar-refractivity contribution >= 4 is 21.6 Å². The quantitative estimate of drug-likeness (QED) is 0.748. The maximum Gasteiger partial charge on any atom is 0.243 e. The Morgan fingerprint density at radius 3 is 2.38 bits per heavy atom. The first kappa shape index (κ1) is 17.5. The zero-order valence-electron chi connectivity index (χ0n) is 12.9. The second kappa shape index (κ2) is 8.02. The van der Waals surface area contributed by atoms with E-state index in [4.69, 9.17) is 0 Å². The van der Waals surface area contributed by atoms with Gasteiger partial charge in [0.2, 0.25) is 15.9 Å². The van der Waals surface area contributed by atoms with Crippen molar-refractivity contribution in [2.24, 2.45) is 0 Å². The predicted octanol–water partition coefficient (Wildman–Crippen LogP) is 2.15. The van der Waals surface area contributed by atoms with Crippen LogP contribution in [-0.2, 0) is 14.8 Å². The number of para-hydroxylation sites is 1. The molecule has 1 atom stereocenters. The van der Waals surface area contributed by atoms with Gasteiger partial charge in [-0.25, -0.2) is 8.42 Å². The number of hydrogen-bond acceptors (Lipinski definition) is 3. The van der Waals surface area contributed by atoms with E-state index in [1.807, 2.05) is 0 Å². The van der Waals surface area contributed by atoms with E-state index < -0.39 is 16.1 Å². The smallest absolute Gasteiger partial charge is 0.243 e. The van der Waals surface area contributed by atoms with Gasteiger partial charge < -0.3 is 5.32 Å². The van der Waals surface area contributed by atoms with E-state index in [-0.39, 0.29) is 5.91 Å². The maximum absolute atomic E-state index is 12.2. The van der Waals surface area contributed by atoms with Crippen LogP contribution < -0.4 is 9.62 Å². The fraction of sp³-hybridized carbons (Fsp3) is 0.533. The molecule has 0 saturated heterocycles. The van der Waals surface area contributed by atoms with Crippen molar-refractivity contribution in [3.63, 3.8) is 0 Å². The first-order chi connectivity index (χ1) is 9.88. The number of benzene rings is 1. The second-order valence-electron chi connectivity index (χ2n) is 5.07. The Kier molecular flexibility index (Phi) is 6.68. The van der Waals surface area contributed by atoms with Crippen LogP contribution in [-0.4, -0.2) is 33.2 Å². The minimum Gasteiger partial charge on any atom is -0.354 e. The van der Waals surface area contributed by atoms with Crippen LogP contribution in [0.2, 0.25) is 0 Å². The summed E-state index contributed by atoms with van der Waals surface area (Å²) in [6.45, 7) is 4.26. The number of anilines is 1. The van der Waals surface area contributed by atoms with Crippen molar-refractivity contribution in [3.05, 3.63) is 30.3 Å². The lowest BCUT2D eigenvalue weighted by molar-refractivity contribution is -0.121. The van der Waals surface area contributed by atoms with Gasteiger partial charge in [-0.05, 0) is 25.5 Å². The number of hydrogen-bond donors (Lipinski definition) is 1. The molecule has 0 aliphatic carbocycles. The maximum atomic E-state index is 12.2. The van der Waals surface area contributed by atoms with Crippen LogP contribution in [0.1, 0.15) is 33.1 Å². The molecular weight excluding hydrogens is 288 g/mol. The standard InChI is InChI=1S/C15H24N2O3S/c1-4-5-9-12-16-15(18)13(2)17(21(3,19)20)14-10-7-6-8-11-14/h6-8,10-11,13H,4-5,9,12H2,1-3H3,(H,16,18)/t13-/m0/s1. The van der Waals surface area contributed by atoms with Gasteiger partial charge >= 0.3 is 0 Å². The Bertz CT molecular complexity index is 543. The lowest BCUT2D eigenvalue weighted by atomic mass is 10.2. The molecule has 0 bridgehead atoms. The van der Waals surface area contributed by atoms with Crippen LogP contribution in [0.3, 0.4) is 0 Å². The van der Waals surface area contributed by atoms with Gasteiger partial charge in [0, 0.05) is 6.54 Å². The van der Waals surface area contributed by atoms with Crippen molar-refractivity contribution in [2.75, 3.05) is 17.1 Å². The Labute approximate surface area is 127 Å². The lowest BCUT2D eigenvalue weighted by Crippen LogP contribution is -2.48. The SMILES string of the molecule is CCCCCNC(=O)[C@H](C)N(c1ccccc1)S(C)(=O)=O. The zero-order chi connectivity index (χ0) is 15.9. The van der Waals surface area contributed by atoms with E-state index in [1.54, 1.807) is 37.3 Å². The van der Waals surface area contributed by atoms with E-state index in [1.165, 1.54) is 0 Å². The first-order valence-corrected chi connectivity index (χ1v) is 9.05. The van der Waals surface area contributed by atoms with Crippen LogP contribution in [0.25, 0.3) is 0 Å². The van der Waals surface area contributed by atoms with E-state index in [0.29, 0.717) is 12.2 Å². The average molecular weight is 312 g/mol. The van der Waals surface area contributed by atoms with Crippen molar-refractivity contribution in [3.8, 4) is 0 Å². The third-order valence-electron chi connectivity index (χ3n) is 3.18. The molecule has 1 amide bonds. The molecule has 0 radical (unpaired) electrons. The summed E-state index contributed by atoms with van der Waals surface area (Å²) in [6, 6.07) is 7.89. The van der Waals surface area contributed by atoms with Crippen LogP contribution in [0.15, 0.2) is 30.3 Å². The third kappa shape index (κ3) is 5.38. The minimum atomic E-state index is -3.52. The molecule has 1 aromatic rings. The third-order valence-corrected chi connectivity index (χ3v) is 4.42. The summed E-state index contributed by atoms with van der Waals surface area (Å²) in [5, 5.41) is 2.79. The van der Waals surface area contributed by atoms with Gasteiger partial charge in [0.05, 0.1) is 11.9 Å². The van der Waals surface area contributed by atoms with E-state index in [9.17, 15) is 13.2 Å². The molecule has 0 aliphatic heterocycles. The molecule has 6 heteroatoms. The Morgan fingerprint density at radius 2 is 1.86 bits per heavy atom. The van der Waals surface area contributed by atoms with E-state index >= 15 is 0 Å².